The quantitative estimate of drug-likeness (QED) is 0.0267. The van der Waals surface area contributed by atoms with Crippen molar-refractivity contribution < 1.29 is 108 Å². The Labute approximate surface area is 456 Å². The zero-order valence-corrected chi connectivity index (χ0v) is 46.3. The van der Waals surface area contributed by atoms with E-state index in [2.05, 4.69) is 49.1 Å². The van der Waals surface area contributed by atoms with E-state index >= 15 is 0 Å². The Kier molecular flexibility index (Phi) is 17.7. The van der Waals surface area contributed by atoms with E-state index in [0.717, 1.165) is 41.3 Å². The van der Waals surface area contributed by atoms with Gasteiger partial charge >= 0.3 is 20.8 Å². The number of nitrogens with zero attached hydrogens (tertiary/aromatic N) is 8. The van der Waals surface area contributed by atoms with Gasteiger partial charge in [-0.1, -0.05) is 6.07 Å². The summed E-state index contributed by atoms with van der Waals surface area (Å²) in [6.07, 6.45) is 0. The smallest absolute Gasteiger partial charge is 0.397 e. The number of phenols is 1. The number of nitrogens with one attached hydrogen (secondary N) is 1. The largest absolute Gasteiger partial charge is 0.505 e. The Morgan fingerprint density at radius 3 is 1.62 bits per heavy atom. The molecule has 1 aromatic heterocycles. The van der Waals surface area contributed by atoms with E-state index in [9.17, 15) is 90.7 Å². The number of azo groups is 2. The summed E-state index contributed by atoms with van der Waals surface area (Å²) in [4.78, 5) is 6.41. The third-order valence-corrected chi connectivity index (χ3v) is 18.1. The first-order valence-electron chi connectivity index (χ1n) is 20.4. The Bertz CT molecular complexity index is 4540. The molecule has 0 amide bonds. The molecule has 0 saturated carbocycles. The Hall–Kier alpha value is -6.66. The lowest BCUT2D eigenvalue weighted by molar-refractivity contribution is 0.282. The normalized spacial score (nSPS) is 13.3. The van der Waals surface area contributed by atoms with E-state index in [-0.39, 0.29) is 17.4 Å². The first kappa shape index (κ1) is 62.5. The van der Waals surface area contributed by atoms with Crippen molar-refractivity contribution in [2.24, 2.45) is 20.5 Å². The van der Waals surface area contributed by atoms with Crippen LogP contribution >= 0.6 is 11.6 Å². The van der Waals surface area contributed by atoms with Crippen LogP contribution in [0.2, 0.25) is 5.28 Å². The van der Waals surface area contributed by atoms with E-state index in [4.69, 9.17) is 26.4 Å². The van der Waals surface area contributed by atoms with Crippen molar-refractivity contribution in [2.75, 3.05) is 47.7 Å². The number of rotatable bonds is 22. The second kappa shape index (κ2) is 22.7. The summed E-state index contributed by atoms with van der Waals surface area (Å²) >= 11 is 6.14. The summed E-state index contributed by atoms with van der Waals surface area (Å²) in [6.45, 7) is -1.95. The molecule has 6 rings (SSSR count). The second-order valence-electron chi connectivity index (χ2n) is 15.5. The lowest BCUT2D eigenvalue weighted by Crippen LogP contribution is -2.17. The van der Waals surface area contributed by atoms with Gasteiger partial charge in [0.05, 0.1) is 57.0 Å². The van der Waals surface area contributed by atoms with Gasteiger partial charge in [0, 0.05) is 12.7 Å². The summed E-state index contributed by atoms with van der Waals surface area (Å²) in [6, 6.07) is 9.94. The fourth-order valence-corrected chi connectivity index (χ4v) is 12.4. The number of aromatic nitrogens is 3. The van der Waals surface area contributed by atoms with Crippen LogP contribution in [0.3, 0.4) is 0 Å². The number of anilines is 5. The maximum Gasteiger partial charge on any atom is 0.397 e. The summed E-state index contributed by atoms with van der Waals surface area (Å²) < 4.78 is 263. The van der Waals surface area contributed by atoms with Crippen LogP contribution in [0.25, 0.3) is 10.8 Å². The second-order valence-corrected chi connectivity index (χ2v) is 27.8. The fourth-order valence-electron chi connectivity index (χ4n) is 6.58. The topological polar surface area (TPSA) is 563 Å². The molecule has 44 heteroatoms. The molecule has 0 aliphatic carbocycles. The molecule has 0 unspecified atom stereocenters. The molecular weight excluding hydrogens is 1260 g/mol. The average Bonchev–Trinajstić information content (AvgIpc) is 3.30. The highest BCUT2D eigenvalue weighted by Crippen LogP contribution is 2.49. The lowest BCUT2D eigenvalue weighted by Gasteiger charge is -2.19. The van der Waals surface area contributed by atoms with Crippen LogP contribution in [0.4, 0.5) is 51.7 Å². The molecule has 80 heavy (non-hydrogen) atoms. The van der Waals surface area contributed by atoms with Gasteiger partial charge in [-0.05, 0) is 83.7 Å². The lowest BCUT2D eigenvalue weighted by atomic mass is 10.1. The van der Waals surface area contributed by atoms with Gasteiger partial charge in [-0.25, -0.2) is 25.2 Å². The molecule has 6 aromatic rings. The molecule has 0 aliphatic heterocycles. The maximum atomic E-state index is 12.9. The monoisotopic (exact) mass is 1300 g/mol. The molecule has 10 N–H and O–H groups in total. The number of sulfone groups is 2. The van der Waals surface area contributed by atoms with Crippen molar-refractivity contribution in [3.8, 4) is 5.75 Å². The maximum absolute atomic E-state index is 12.9. The van der Waals surface area contributed by atoms with E-state index < -0.39 is 197 Å². The summed E-state index contributed by atoms with van der Waals surface area (Å²) in [5.41, 5.74) is 0.500. The number of nitrogen functional groups attached to an aromatic ring is 1. The van der Waals surface area contributed by atoms with Crippen molar-refractivity contribution in [1.29, 1.82) is 0 Å². The van der Waals surface area contributed by atoms with Gasteiger partial charge < -0.3 is 21.1 Å². The van der Waals surface area contributed by atoms with Gasteiger partial charge in [0.2, 0.25) is 17.2 Å². The molecule has 432 valence electrons. The van der Waals surface area contributed by atoms with E-state index in [1.807, 2.05) is 0 Å². The molecule has 0 bridgehead atoms. The number of hydrogen-bond acceptors (Lipinski definition) is 29. The Balaban J connectivity index is 1.45. The minimum atomic E-state index is -5.68. The molecule has 5 aromatic carbocycles. The Morgan fingerprint density at radius 2 is 1.10 bits per heavy atom. The fraction of sp³-hybridized carbons (Fsp3) is 0.139. The number of phenolic OH excluding ortho intramolecular Hbond substituents is 1. The van der Waals surface area contributed by atoms with Crippen LogP contribution in [0.1, 0.15) is 0 Å². The van der Waals surface area contributed by atoms with Crippen molar-refractivity contribution in [1.82, 2.24) is 15.0 Å². The molecule has 0 radical (unpaired) electrons. The molecule has 35 nitrogen and oxygen atoms in total. The summed E-state index contributed by atoms with van der Waals surface area (Å²) in [5, 5.41) is 26.2. The molecule has 0 atom stereocenters. The highest BCUT2D eigenvalue weighted by Gasteiger charge is 2.30. The van der Waals surface area contributed by atoms with Crippen LogP contribution < -0.4 is 16.0 Å². The van der Waals surface area contributed by atoms with Gasteiger partial charge in [0.15, 0.2) is 25.4 Å². The van der Waals surface area contributed by atoms with Gasteiger partial charge in [0.25, 0.3) is 40.5 Å². The number of nitrogens with two attached hydrogens (primary N) is 1. The zero-order valence-electron chi connectivity index (χ0n) is 39.0. The number of fused-ring (bicyclic) bond motifs is 1. The van der Waals surface area contributed by atoms with Crippen molar-refractivity contribution in [2.45, 2.75) is 29.4 Å². The van der Waals surface area contributed by atoms with Crippen LogP contribution in [0.15, 0.2) is 123 Å². The van der Waals surface area contributed by atoms with E-state index in [1.54, 1.807) is 0 Å². The number of benzene rings is 5. The molecule has 0 aliphatic rings. The molecule has 0 spiro atoms. The van der Waals surface area contributed by atoms with Gasteiger partial charge in [-0.2, -0.15) is 70.6 Å². The van der Waals surface area contributed by atoms with E-state index in [0.29, 0.717) is 18.2 Å². The molecular formula is C36H33ClN10O25S8. The predicted molar refractivity (Wildman–Crippen MR) is 272 cm³/mol. The van der Waals surface area contributed by atoms with Crippen LogP contribution in [0.5, 0.6) is 5.75 Å². The number of halogens is 1. The summed E-state index contributed by atoms with van der Waals surface area (Å²) in [5.74, 6) is -4.50. The Morgan fingerprint density at radius 1 is 0.588 bits per heavy atom. The van der Waals surface area contributed by atoms with Crippen molar-refractivity contribution in [3.63, 3.8) is 0 Å². The minimum absolute atomic E-state index is 0.0103. The SMILES string of the molecule is CN(c1cccc(S(=O)(=O)CCOS(=O)(=O)O)c1)c1nc(Cl)nc(Nc2cc(/N=N/c3c(S(=O)(=O)O)cc4cc(S(=O)(=O)O)c(/N=N/c5ccc(S(=O)(=O)CCOS(=O)(=O)O)cc5)c(N)c4c3O)c(S(=O)(=O)O)cc2S(=O)(=O)O)n1. The number of aromatic hydroxyl groups is 1. The molecule has 1 heterocycles. The van der Waals surface area contributed by atoms with Gasteiger partial charge in [-0.15, -0.1) is 15.3 Å². The first-order valence-corrected chi connectivity index (χ1v) is 32.6. The third-order valence-electron chi connectivity index (χ3n) is 10.1. The molecule has 0 saturated heterocycles. The minimum Gasteiger partial charge on any atom is -0.505 e. The van der Waals surface area contributed by atoms with Gasteiger partial charge in [-0.3, -0.25) is 27.3 Å². The zero-order chi connectivity index (χ0) is 59.9. The van der Waals surface area contributed by atoms with Crippen LogP contribution in [-0.2, 0) is 89.3 Å². The van der Waals surface area contributed by atoms with Crippen LogP contribution in [0, 0.1) is 0 Å². The van der Waals surface area contributed by atoms with Crippen molar-refractivity contribution >= 4 is 155 Å². The number of hydrogen-bond donors (Lipinski definition) is 9. The highest BCUT2D eigenvalue weighted by molar-refractivity contribution is 7.92. The van der Waals surface area contributed by atoms with E-state index in [1.165, 1.54) is 19.2 Å². The molecule has 0 fully saturated rings. The van der Waals surface area contributed by atoms with Gasteiger partial charge in [0.1, 0.15) is 36.6 Å². The van der Waals surface area contributed by atoms with Crippen molar-refractivity contribution in [3.05, 3.63) is 78.1 Å². The highest BCUT2D eigenvalue weighted by atomic mass is 35.5. The first-order chi connectivity index (χ1) is 36.6. The predicted octanol–water partition coefficient (Wildman–Crippen LogP) is 3.48. The summed E-state index contributed by atoms with van der Waals surface area (Å²) in [7, 11) is -39.6. The standard InChI is InChI=1S/C36H33ClN10O25S8/c1-47(20-3-2-4-22(15-20)74(51,52)12-10-72-80(68,69)70)36-41-34(37)40-35(42-36)39-23-16-24(26(76(56,57)58)17-25(23)75(53,54)55)44-46-32-28(78(62,63)64)14-18-13-27(77(59,60)61)31(30(38)29(18)33(32)48)45-43-19-5-7-21(8-6-19)73(49,50)11-9-71-79(65,66)67/h2-8,13-17,48H,9-12,38H2,1H3,(H,53,54,55)(H,56,57,58)(H,59,60,61)(H,62,63,64)(H,65,66,67)(H,68,69,70)(H,39,40,41,42)/b45-43+,46-44+. The average molecular weight is 1300 g/mol. The third kappa shape index (κ3) is 15.4. The van der Waals surface area contributed by atoms with Crippen LogP contribution in [-0.4, -0.2) is 146 Å².